The fraction of sp³-hybridized carbons (Fsp3) is 0.250. The van der Waals surface area contributed by atoms with Crippen molar-refractivity contribution in [1.82, 2.24) is 4.98 Å². The molecule has 2 N–H and O–H groups in total. The van der Waals surface area contributed by atoms with Crippen molar-refractivity contribution in [3.63, 3.8) is 0 Å². The lowest BCUT2D eigenvalue weighted by Crippen LogP contribution is -2.11. The number of nitro groups is 1. The molecule has 0 saturated heterocycles. The zero-order valence-corrected chi connectivity index (χ0v) is 10.9. The second kappa shape index (κ2) is 4.85. The van der Waals surface area contributed by atoms with Crippen molar-refractivity contribution in [3.05, 3.63) is 40.1 Å². The van der Waals surface area contributed by atoms with Crippen LogP contribution in [-0.4, -0.2) is 16.5 Å². The smallest absolute Gasteiger partial charge is 0.345 e. The van der Waals surface area contributed by atoms with E-state index < -0.39 is 4.92 Å². The van der Waals surface area contributed by atoms with Crippen molar-refractivity contribution in [2.75, 3.05) is 17.2 Å². The van der Waals surface area contributed by atoms with Crippen molar-refractivity contribution in [3.8, 4) is 0 Å². The number of thiazole rings is 1. The highest BCUT2D eigenvalue weighted by molar-refractivity contribution is 7.18. The third kappa shape index (κ3) is 2.50. The highest BCUT2D eigenvalue weighted by Crippen LogP contribution is 2.30. The number of rotatable bonds is 3. The van der Waals surface area contributed by atoms with Crippen molar-refractivity contribution in [1.29, 1.82) is 0 Å². The molecule has 2 aromatic rings. The molecule has 0 atom stereocenters. The summed E-state index contributed by atoms with van der Waals surface area (Å²) in [7, 11) is 0. The summed E-state index contributed by atoms with van der Waals surface area (Å²) in [5.41, 5.74) is 3.34. The number of nitrogens with one attached hydrogen (secondary N) is 2. The summed E-state index contributed by atoms with van der Waals surface area (Å²) in [6.45, 7) is 1.01. The van der Waals surface area contributed by atoms with E-state index in [2.05, 4.69) is 21.7 Å². The maximum absolute atomic E-state index is 10.6. The van der Waals surface area contributed by atoms with Crippen molar-refractivity contribution >= 4 is 32.8 Å². The van der Waals surface area contributed by atoms with Gasteiger partial charge in [-0.1, -0.05) is 0 Å². The minimum absolute atomic E-state index is 0.0436. The first-order chi connectivity index (χ1) is 9.22. The van der Waals surface area contributed by atoms with E-state index in [0.717, 1.165) is 36.4 Å². The first kappa shape index (κ1) is 11.9. The summed E-state index contributed by atoms with van der Waals surface area (Å²) < 4.78 is 0. The molecule has 7 heteroatoms. The van der Waals surface area contributed by atoms with E-state index in [1.165, 1.54) is 17.4 Å². The quantitative estimate of drug-likeness (QED) is 0.665. The first-order valence-electron chi connectivity index (χ1n) is 5.96. The van der Waals surface area contributed by atoms with Gasteiger partial charge in [0.1, 0.15) is 6.20 Å². The molecule has 1 aromatic carbocycles. The van der Waals surface area contributed by atoms with E-state index in [1.54, 1.807) is 0 Å². The lowest BCUT2D eigenvalue weighted by Gasteiger charge is -2.18. The van der Waals surface area contributed by atoms with Crippen LogP contribution in [0.25, 0.3) is 0 Å². The normalized spacial score (nSPS) is 13.5. The molecular formula is C12H12N4O2S. The average molecular weight is 276 g/mol. The highest BCUT2D eigenvalue weighted by Gasteiger charge is 2.13. The van der Waals surface area contributed by atoms with Gasteiger partial charge in [-0.2, -0.15) is 0 Å². The van der Waals surface area contributed by atoms with Gasteiger partial charge in [-0.05, 0) is 47.9 Å². The lowest BCUT2D eigenvalue weighted by atomic mass is 10.0. The average Bonchev–Trinajstić information content (AvgIpc) is 2.87. The standard InChI is InChI=1S/C12H12N4O2S/c17-16(18)11-7-14-12(19-11)15-9-3-4-10-8(6-9)2-1-5-13-10/h3-4,6-7,13H,1-2,5H2,(H,14,15). The van der Waals surface area contributed by atoms with Crippen LogP contribution in [0.4, 0.5) is 21.5 Å². The summed E-state index contributed by atoms with van der Waals surface area (Å²) in [5, 5.41) is 17.6. The van der Waals surface area contributed by atoms with Crippen LogP contribution in [0.1, 0.15) is 12.0 Å². The van der Waals surface area contributed by atoms with Crippen LogP contribution in [0.5, 0.6) is 0 Å². The minimum atomic E-state index is -0.431. The molecule has 0 spiro atoms. The van der Waals surface area contributed by atoms with Crippen LogP contribution in [0.15, 0.2) is 24.4 Å². The first-order valence-corrected chi connectivity index (χ1v) is 6.78. The van der Waals surface area contributed by atoms with Gasteiger partial charge in [0.2, 0.25) is 0 Å². The number of hydrogen-bond donors (Lipinski definition) is 2. The molecule has 19 heavy (non-hydrogen) atoms. The van der Waals surface area contributed by atoms with E-state index in [-0.39, 0.29) is 5.00 Å². The van der Waals surface area contributed by atoms with E-state index >= 15 is 0 Å². The summed E-state index contributed by atoms with van der Waals surface area (Å²) in [4.78, 5) is 14.2. The summed E-state index contributed by atoms with van der Waals surface area (Å²) in [6.07, 6.45) is 3.45. The van der Waals surface area contributed by atoms with Crippen molar-refractivity contribution in [2.24, 2.45) is 0 Å². The largest absolute Gasteiger partial charge is 0.385 e. The van der Waals surface area contributed by atoms with Gasteiger partial charge in [0.15, 0.2) is 5.13 Å². The second-order valence-electron chi connectivity index (χ2n) is 4.29. The molecule has 0 fully saturated rings. The molecule has 6 nitrogen and oxygen atoms in total. The van der Waals surface area contributed by atoms with Crippen LogP contribution >= 0.6 is 11.3 Å². The molecule has 1 aromatic heterocycles. The predicted octanol–water partition coefficient (Wildman–Crippen LogP) is 3.15. The molecular weight excluding hydrogens is 264 g/mol. The van der Waals surface area contributed by atoms with E-state index in [1.807, 2.05) is 12.1 Å². The topological polar surface area (TPSA) is 80.1 Å². The van der Waals surface area contributed by atoms with Crippen molar-refractivity contribution < 1.29 is 4.92 Å². The Hall–Kier alpha value is -2.15. The Morgan fingerprint density at radius 3 is 3.16 bits per heavy atom. The number of fused-ring (bicyclic) bond motifs is 1. The Kier molecular flexibility index (Phi) is 3.04. The zero-order valence-electron chi connectivity index (χ0n) is 10.0. The number of anilines is 3. The van der Waals surface area contributed by atoms with Gasteiger partial charge in [-0.25, -0.2) is 4.98 Å². The molecule has 0 aliphatic carbocycles. The second-order valence-corrected chi connectivity index (χ2v) is 5.30. The molecule has 2 heterocycles. The van der Waals surface area contributed by atoms with Crippen LogP contribution in [0.2, 0.25) is 0 Å². The van der Waals surface area contributed by atoms with E-state index in [9.17, 15) is 10.1 Å². The Bertz CT molecular complexity index is 626. The summed E-state index contributed by atoms with van der Waals surface area (Å²) >= 11 is 1.04. The summed E-state index contributed by atoms with van der Waals surface area (Å²) in [5.74, 6) is 0. The maximum Gasteiger partial charge on any atom is 0.345 e. The van der Waals surface area contributed by atoms with Crippen LogP contribution in [-0.2, 0) is 6.42 Å². The molecule has 0 radical (unpaired) electrons. The van der Waals surface area contributed by atoms with Gasteiger partial charge < -0.3 is 10.6 Å². The molecule has 1 aliphatic rings. The predicted molar refractivity (Wildman–Crippen MR) is 75.3 cm³/mol. The lowest BCUT2D eigenvalue weighted by molar-refractivity contribution is -0.380. The van der Waals surface area contributed by atoms with Gasteiger partial charge in [0.25, 0.3) is 0 Å². The van der Waals surface area contributed by atoms with Crippen molar-refractivity contribution in [2.45, 2.75) is 12.8 Å². The number of aryl methyl sites for hydroxylation is 1. The molecule has 3 rings (SSSR count). The SMILES string of the molecule is O=[N+]([O-])c1cnc(Nc2ccc3c(c2)CCCN3)s1. The molecule has 0 bridgehead atoms. The third-order valence-corrected chi connectivity index (χ3v) is 3.83. The van der Waals surface area contributed by atoms with Gasteiger partial charge in [0.05, 0.1) is 4.92 Å². The van der Waals surface area contributed by atoms with Crippen LogP contribution in [0, 0.1) is 10.1 Å². The van der Waals surface area contributed by atoms with Crippen LogP contribution in [0.3, 0.4) is 0 Å². The number of nitrogens with zero attached hydrogens (tertiary/aromatic N) is 2. The van der Waals surface area contributed by atoms with Gasteiger partial charge >= 0.3 is 5.00 Å². The van der Waals surface area contributed by atoms with Gasteiger partial charge in [-0.15, -0.1) is 0 Å². The minimum Gasteiger partial charge on any atom is -0.385 e. The summed E-state index contributed by atoms with van der Waals surface area (Å²) in [6, 6.07) is 6.04. The van der Waals surface area contributed by atoms with E-state index in [4.69, 9.17) is 0 Å². The highest BCUT2D eigenvalue weighted by atomic mass is 32.1. The molecule has 0 amide bonds. The molecule has 98 valence electrons. The van der Waals surface area contributed by atoms with Crippen LogP contribution < -0.4 is 10.6 Å². The monoisotopic (exact) mass is 276 g/mol. The maximum atomic E-state index is 10.6. The zero-order chi connectivity index (χ0) is 13.2. The Balaban J connectivity index is 1.80. The Morgan fingerprint density at radius 2 is 2.37 bits per heavy atom. The Labute approximate surface area is 113 Å². The molecule has 0 saturated carbocycles. The Morgan fingerprint density at radius 1 is 1.47 bits per heavy atom. The van der Waals surface area contributed by atoms with E-state index in [0.29, 0.717) is 5.13 Å². The van der Waals surface area contributed by atoms with Gasteiger partial charge in [-0.3, -0.25) is 10.1 Å². The fourth-order valence-electron chi connectivity index (χ4n) is 2.08. The number of aromatic nitrogens is 1. The van der Waals surface area contributed by atoms with Gasteiger partial charge in [0, 0.05) is 17.9 Å². The molecule has 0 unspecified atom stereocenters. The number of benzene rings is 1. The molecule has 1 aliphatic heterocycles. The fourth-order valence-corrected chi connectivity index (χ4v) is 2.74. The number of hydrogen-bond acceptors (Lipinski definition) is 6. The third-order valence-electron chi connectivity index (χ3n) is 2.97.